The van der Waals surface area contributed by atoms with Crippen LogP contribution >= 0.6 is 11.6 Å². The van der Waals surface area contributed by atoms with Crippen LogP contribution in [-0.2, 0) is 6.54 Å². The molecule has 0 aliphatic rings. The SMILES string of the molecule is CCCNCc1cc(-c2ccc(C)cc2C)ccc1Cl. The van der Waals surface area contributed by atoms with Gasteiger partial charge in [0.05, 0.1) is 0 Å². The van der Waals surface area contributed by atoms with E-state index in [1.165, 1.54) is 22.3 Å². The van der Waals surface area contributed by atoms with E-state index >= 15 is 0 Å². The Labute approximate surface area is 127 Å². The molecule has 1 nitrogen and oxygen atoms in total. The molecule has 0 spiro atoms. The highest BCUT2D eigenvalue weighted by atomic mass is 35.5. The molecule has 0 fully saturated rings. The van der Waals surface area contributed by atoms with Crippen LogP contribution < -0.4 is 5.32 Å². The van der Waals surface area contributed by atoms with Crippen molar-refractivity contribution in [2.45, 2.75) is 33.7 Å². The Balaban J connectivity index is 2.30. The van der Waals surface area contributed by atoms with Gasteiger partial charge in [0.1, 0.15) is 0 Å². The van der Waals surface area contributed by atoms with E-state index < -0.39 is 0 Å². The molecule has 1 N–H and O–H groups in total. The van der Waals surface area contributed by atoms with E-state index in [2.05, 4.69) is 56.4 Å². The Hall–Kier alpha value is -1.31. The minimum Gasteiger partial charge on any atom is -0.313 e. The lowest BCUT2D eigenvalue weighted by molar-refractivity contribution is 0.676. The van der Waals surface area contributed by atoms with E-state index in [0.29, 0.717) is 0 Å². The molecule has 0 saturated heterocycles. The van der Waals surface area contributed by atoms with Gasteiger partial charge in [-0.1, -0.05) is 48.4 Å². The molecule has 0 aromatic heterocycles. The fraction of sp³-hybridized carbons (Fsp3) is 0.333. The average Bonchev–Trinajstić information content (AvgIpc) is 2.41. The molecule has 2 rings (SSSR count). The zero-order chi connectivity index (χ0) is 14.5. The van der Waals surface area contributed by atoms with E-state index in [1.54, 1.807) is 0 Å². The molecule has 0 saturated carbocycles. The molecular weight excluding hydrogens is 266 g/mol. The maximum Gasteiger partial charge on any atom is 0.0451 e. The summed E-state index contributed by atoms with van der Waals surface area (Å²) in [6.45, 7) is 8.29. The van der Waals surface area contributed by atoms with Gasteiger partial charge in [0.25, 0.3) is 0 Å². The van der Waals surface area contributed by atoms with Crippen molar-refractivity contribution in [3.05, 3.63) is 58.1 Å². The van der Waals surface area contributed by atoms with Gasteiger partial charge in [0.2, 0.25) is 0 Å². The summed E-state index contributed by atoms with van der Waals surface area (Å²) in [6, 6.07) is 12.9. The van der Waals surface area contributed by atoms with Gasteiger partial charge in [0.15, 0.2) is 0 Å². The molecule has 0 atom stereocenters. The minimum atomic E-state index is 0.825. The lowest BCUT2D eigenvalue weighted by atomic mass is 9.97. The van der Waals surface area contributed by atoms with Crippen LogP contribution in [0.25, 0.3) is 11.1 Å². The number of rotatable bonds is 5. The fourth-order valence-corrected chi connectivity index (χ4v) is 2.60. The zero-order valence-corrected chi connectivity index (χ0v) is 13.2. The third-order valence-corrected chi connectivity index (χ3v) is 3.85. The Kier molecular flexibility index (Phi) is 5.22. The molecule has 0 heterocycles. The number of hydrogen-bond donors (Lipinski definition) is 1. The summed E-state index contributed by atoms with van der Waals surface area (Å²) in [7, 11) is 0. The molecular formula is C18H22ClN. The van der Waals surface area contributed by atoms with Crippen molar-refractivity contribution >= 4 is 11.6 Å². The van der Waals surface area contributed by atoms with Crippen molar-refractivity contribution in [2.24, 2.45) is 0 Å². The molecule has 2 aromatic carbocycles. The summed E-state index contributed by atoms with van der Waals surface area (Å²) in [5.41, 5.74) is 6.28. The fourth-order valence-electron chi connectivity index (χ4n) is 2.42. The zero-order valence-electron chi connectivity index (χ0n) is 12.5. The highest BCUT2D eigenvalue weighted by molar-refractivity contribution is 6.31. The maximum absolute atomic E-state index is 6.29. The number of halogens is 1. The highest BCUT2D eigenvalue weighted by Gasteiger charge is 2.06. The monoisotopic (exact) mass is 287 g/mol. The summed E-state index contributed by atoms with van der Waals surface area (Å²) in [5, 5.41) is 4.25. The Bertz CT molecular complexity index is 590. The van der Waals surface area contributed by atoms with Crippen molar-refractivity contribution in [1.29, 1.82) is 0 Å². The first-order valence-electron chi connectivity index (χ1n) is 7.18. The van der Waals surface area contributed by atoms with Crippen molar-refractivity contribution in [3.8, 4) is 11.1 Å². The second kappa shape index (κ2) is 6.92. The van der Waals surface area contributed by atoms with E-state index in [-0.39, 0.29) is 0 Å². The van der Waals surface area contributed by atoms with Gasteiger partial charge in [-0.15, -0.1) is 0 Å². The average molecular weight is 288 g/mol. The summed E-state index contributed by atoms with van der Waals surface area (Å²) in [5.74, 6) is 0. The van der Waals surface area contributed by atoms with Crippen LogP contribution in [0.2, 0.25) is 5.02 Å². The van der Waals surface area contributed by atoms with E-state index in [0.717, 1.165) is 30.1 Å². The second-order valence-corrected chi connectivity index (χ2v) is 5.71. The van der Waals surface area contributed by atoms with E-state index in [4.69, 9.17) is 11.6 Å². The second-order valence-electron chi connectivity index (χ2n) is 5.30. The Morgan fingerprint density at radius 3 is 2.55 bits per heavy atom. The minimum absolute atomic E-state index is 0.825. The van der Waals surface area contributed by atoms with Crippen LogP contribution in [0.4, 0.5) is 0 Å². The molecule has 0 bridgehead atoms. The molecule has 0 amide bonds. The molecule has 2 heteroatoms. The summed E-state index contributed by atoms with van der Waals surface area (Å²) in [4.78, 5) is 0. The van der Waals surface area contributed by atoms with E-state index in [9.17, 15) is 0 Å². The van der Waals surface area contributed by atoms with Crippen LogP contribution in [0.5, 0.6) is 0 Å². The molecule has 106 valence electrons. The summed E-state index contributed by atoms with van der Waals surface area (Å²) in [6.07, 6.45) is 1.13. The van der Waals surface area contributed by atoms with Gasteiger partial charge in [-0.3, -0.25) is 0 Å². The van der Waals surface area contributed by atoms with Crippen LogP contribution in [-0.4, -0.2) is 6.54 Å². The lowest BCUT2D eigenvalue weighted by Gasteiger charge is -2.11. The van der Waals surface area contributed by atoms with Crippen LogP contribution in [0.15, 0.2) is 36.4 Å². The largest absolute Gasteiger partial charge is 0.313 e. The number of hydrogen-bond acceptors (Lipinski definition) is 1. The van der Waals surface area contributed by atoms with Gasteiger partial charge in [-0.25, -0.2) is 0 Å². The smallest absolute Gasteiger partial charge is 0.0451 e. The van der Waals surface area contributed by atoms with Gasteiger partial charge in [0, 0.05) is 11.6 Å². The normalized spacial score (nSPS) is 10.8. The number of nitrogens with one attached hydrogen (secondary N) is 1. The number of aryl methyl sites for hydroxylation is 2. The Morgan fingerprint density at radius 2 is 1.85 bits per heavy atom. The third kappa shape index (κ3) is 3.62. The van der Waals surface area contributed by atoms with Crippen molar-refractivity contribution in [3.63, 3.8) is 0 Å². The first-order chi connectivity index (χ1) is 9.61. The molecule has 0 aliphatic heterocycles. The first-order valence-corrected chi connectivity index (χ1v) is 7.56. The first kappa shape index (κ1) is 15.1. The lowest BCUT2D eigenvalue weighted by Crippen LogP contribution is -2.14. The van der Waals surface area contributed by atoms with Gasteiger partial charge < -0.3 is 5.32 Å². The van der Waals surface area contributed by atoms with Gasteiger partial charge in [-0.2, -0.15) is 0 Å². The predicted molar refractivity (Wildman–Crippen MR) is 88.4 cm³/mol. The predicted octanol–water partition coefficient (Wildman–Crippen LogP) is 5.12. The maximum atomic E-state index is 6.29. The topological polar surface area (TPSA) is 12.0 Å². The molecule has 20 heavy (non-hydrogen) atoms. The molecule has 0 unspecified atom stereocenters. The van der Waals surface area contributed by atoms with Crippen molar-refractivity contribution in [1.82, 2.24) is 5.32 Å². The standard InChI is InChI=1S/C18H22ClN/c1-4-9-20-12-16-11-15(6-8-18(16)19)17-7-5-13(2)10-14(17)3/h5-8,10-11,20H,4,9,12H2,1-3H3. The van der Waals surface area contributed by atoms with Gasteiger partial charge >= 0.3 is 0 Å². The molecule has 0 radical (unpaired) electrons. The quantitative estimate of drug-likeness (QED) is 0.752. The summed E-state index contributed by atoms with van der Waals surface area (Å²) < 4.78 is 0. The Morgan fingerprint density at radius 1 is 1.05 bits per heavy atom. The number of benzene rings is 2. The highest BCUT2D eigenvalue weighted by Crippen LogP contribution is 2.28. The van der Waals surface area contributed by atoms with Crippen LogP contribution in [0.1, 0.15) is 30.0 Å². The van der Waals surface area contributed by atoms with Crippen molar-refractivity contribution in [2.75, 3.05) is 6.54 Å². The van der Waals surface area contributed by atoms with E-state index in [1.807, 2.05) is 6.07 Å². The van der Waals surface area contributed by atoms with Gasteiger partial charge in [-0.05, 0) is 61.2 Å². The van der Waals surface area contributed by atoms with Crippen LogP contribution in [0, 0.1) is 13.8 Å². The summed E-state index contributed by atoms with van der Waals surface area (Å²) >= 11 is 6.29. The van der Waals surface area contributed by atoms with Crippen LogP contribution in [0.3, 0.4) is 0 Å². The third-order valence-electron chi connectivity index (χ3n) is 3.48. The molecule has 0 aliphatic carbocycles. The van der Waals surface area contributed by atoms with Crippen molar-refractivity contribution < 1.29 is 0 Å². The molecule has 2 aromatic rings.